The van der Waals surface area contributed by atoms with Crippen molar-refractivity contribution in [2.45, 2.75) is 19.2 Å². The Balaban J connectivity index is 2.08. The van der Waals surface area contributed by atoms with E-state index in [2.05, 4.69) is 10.0 Å². The number of hydrogen-bond donors (Lipinski definition) is 2. The van der Waals surface area contributed by atoms with E-state index in [-0.39, 0.29) is 16.5 Å². The minimum absolute atomic E-state index is 0.0526. The monoisotopic (exact) mass is 383 g/mol. The molecule has 0 saturated carbocycles. The lowest BCUT2D eigenvalue weighted by molar-refractivity contribution is -0.384. The van der Waals surface area contributed by atoms with E-state index in [0.29, 0.717) is 23.4 Å². The Bertz CT molecular complexity index is 860. The highest BCUT2D eigenvalue weighted by Crippen LogP contribution is 2.31. The summed E-state index contributed by atoms with van der Waals surface area (Å²) in [4.78, 5) is 10.3. The SMILES string of the molecule is CNS(=O)(=O)Cc1ccc(CNc2c(C)cc([N+](=O)[O-])cc2Cl)cc1. The van der Waals surface area contributed by atoms with E-state index in [0.717, 1.165) is 5.56 Å². The van der Waals surface area contributed by atoms with Crippen molar-refractivity contribution < 1.29 is 13.3 Å². The lowest BCUT2D eigenvalue weighted by Gasteiger charge is -2.12. The van der Waals surface area contributed by atoms with Crippen molar-refractivity contribution in [3.8, 4) is 0 Å². The number of anilines is 1. The second-order valence-electron chi connectivity index (χ2n) is 5.51. The first-order chi connectivity index (χ1) is 11.7. The van der Waals surface area contributed by atoms with Gasteiger partial charge in [-0.15, -0.1) is 0 Å². The number of nitrogens with zero attached hydrogens (tertiary/aromatic N) is 1. The van der Waals surface area contributed by atoms with Crippen LogP contribution in [0.4, 0.5) is 11.4 Å². The van der Waals surface area contributed by atoms with Crippen LogP contribution >= 0.6 is 11.6 Å². The Kier molecular flexibility index (Phi) is 5.99. The van der Waals surface area contributed by atoms with Crippen molar-refractivity contribution in [3.05, 3.63) is 68.2 Å². The third-order valence-electron chi connectivity index (χ3n) is 3.64. The van der Waals surface area contributed by atoms with Gasteiger partial charge in [0.1, 0.15) is 0 Å². The van der Waals surface area contributed by atoms with Gasteiger partial charge in [-0.1, -0.05) is 35.9 Å². The van der Waals surface area contributed by atoms with Crippen molar-refractivity contribution in [2.75, 3.05) is 12.4 Å². The van der Waals surface area contributed by atoms with Crippen LogP contribution in [0.5, 0.6) is 0 Å². The van der Waals surface area contributed by atoms with Crippen LogP contribution in [-0.2, 0) is 22.3 Å². The molecule has 0 fully saturated rings. The molecule has 0 radical (unpaired) electrons. The highest BCUT2D eigenvalue weighted by atomic mass is 35.5. The number of nitro groups is 1. The number of halogens is 1. The number of nitro benzene ring substituents is 1. The molecule has 2 rings (SSSR count). The van der Waals surface area contributed by atoms with Gasteiger partial charge in [0.05, 0.1) is 21.4 Å². The van der Waals surface area contributed by atoms with Gasteiger partial charge in [0.2, 0.25) is 10.0 Å². The van der Waals surface area contributed by atoms with Crippen LogP contribution < -0.4 is 10.0 Å². The predicted molar refractivity (Wildman–Crippen MR) is 98.3 cm³/mol. The summed E-state index contributed by atoms with van der Waals surface area (Å²) in [6, 6.07) is 9.90. The number of aryl methyl sites for hydroxylation is 1. The number of sulfonamides is 1. The zero-order valence-corrected chi connectivity index (χ0v) is 15.3. The van der Waals surface area contributed by atoms with Gasteiger partial charge >= 0.3 is 0 Å². The summed E-state index contributed by atoms with van der Waals surface area (Å²) in [6.07, 6.45) is 0. The van der Waals surface area contributed by atoms with Crippen LogP contribution in [0.25, 0.3) is 0 Å². The molecule has 2 aromatic rings. The molecule has 0 heterocycles. The second-order valence-corrected chi connectivity index (χ2v) is 7.84. The van der Waals surface area contributed by atoms with Crippen LogP contribution in [0.15, 0.2) is 36.4 Å². The van der Waals surface area contributed by atoms with E-state index in [9.17, 15) is 18.5 Å². The van der Waals surface area contributed by atoms with Crippen LogP contribution in [0.1, 0.15) is 16.7 Å². The summed E-state index contributed by atoms with van der Waals surface area (Å²) in [5.41, 5.74) is 2.87. The minimum Gasteiger partial charge on any atom is -0.380 e. The third kappa shape index (κ3) is 5.15. The van der Waals surface area contributed by atoms with Gasteiger partial charge in [-0.2, -0.15) is 0 Å². The summed E-state index contributed by atoms with van der Waals surface area (Å²) in [7, 11) is -1.92. The molecule has 0 aliphatic carbocycles. The Morgan fingerprint density at radius 3 is 2.28 bits per heavy atom. The molecule has 0 spiro atoms. The number of non-ortho nitro benzene ring substituents is 1. The highest BCUT2D eigenvalue weighted by molar-refractivity contribution is 7.88. The Morgan fingerprint density at radius 1 is 1.16 bits per heavy atom. The molecule has 2 N–H and O–H groups in total. The quantitative estimate of drug-likeness (QED) is 0.564. The summed E-state index contributed by atoms with van der Waals surface area (Å²) < 4.78 is 25.3. The van der Waals surface area contributed by atoms with E-state index < -0.39 is 14.9 Å². The predicted octanol–water partition coefficient (Wildman–Crippen LogP) is 3.22. The largest absolute Gasteiger partial charge is 0.380 e. The Hall–Kier alpha value is -2.16. The van der Waals surface area contributed by atoms with Crippen LogP contribution in [0.3, 0.4) is 0 Å². The third-order valence-corrected chi connectivity index (χ3v) is 5.28. The fraction of sp³-hybridized carbons (Fsp3) is 0.250. The maximum absolute atomic E-state index is 11.5. The average molecular weight is 384 g/mol. The molecule has 9 heteroatoms. The van der Waals surface area contributed by atoms with Crippen LogP contribution in [0.2, 0.25) is 5.02 Å². The van der Waals surface area contributed by atoms with Crippen molar-refractivity contribution in [3.63, 3.8) is 0 Å². The minimum atomic E-state index is -3.30. The first kappa shape index (κ1) is 19.2. The normalized spacial score (nSPS) is 11.3. The van der Waals surface area contributed by atoms with Gasteiger partial charge in [0, 0.05) is 18.7 Å². The molecule has 2 aromatic carbocycles. The molecule has 25 heavy (non-hydrogen) atoms. The van der Waals surface area contributed by atoms with Gasteiger partial charge < -0.3 is 5.32 Å². The number of rotatable bonds is 7. The fourth-order valence-electron chi connectivity index (χ4n) is 2.29. The van der Waals surface area contributed by atoms with Gasteiger partial charge in [-0.05, 0) is 30.7 Å². The van der Waals surface area contributed by atoms with Gasteiger partial charge in [0.25, 0.3) is 5.69 Å². The average Bonchev–Trinajstić information content (AvgIpc) is 2.55. The number of nitrogens with one attached hydrogen (secondary N) is 2. The zero-order chi connectivity index (χ0) is 18.6. The van der Waals surface area contributed by atoms with E-state index in [1.165, 1.54) is 19.2 Å². The molecule has 0 bridgehead atoms. The molecule has 0 aromatic heterocycles. The van der Waals surface area contributed by atoms with E-state index >= 15 is 0 Å². The Morgan fingerprint density at radius 2 is 1.76 bits per heavy atom. The molecule has 0 atom stereocenters. The smallest absolute Gasteiger partial charge is 0.271 e. The molecule has 134 valence electrons. The Labute approximate surface area is 151 Å². The summed E-state index contributed by atoms with van der Waals surface area (Å²) in [5.74, 6) is -0.0789. The van der Waals surface area contributed by atoms with Crippen molar-refractivity contribution >= 4 is 33.0 Å². The molecule has 0 saturated heterocycles. The maximum atomic E-state index is 11.5. The number of hydrogen-bond acceptors (Lipinski definition) is 5. The van der Waals surface area contributed by atoms with Crippen molar-refractivity contribution in [1.29, 1.82) is 0 Å². The first-order valence-corrected chi connectivity index (χ1v) is 9.42. The highest BCUT2D eigenvalue weighted by Gasteiger charge is 2.13. The molecular weight excluding hydrogens is 366 g/mol. The summed E-state index contributed by atoms with van der Waals surface area (Å²) in [6.45, 7) is 2.20. The maximum Gasteiger partial charge on any atom is 0.271 e. The summed E-state index contributed by atoms with van der Waals surface area (Å²) >= 11 is 6.12. The fourth-order valence-corrected chi connectivity index (χ4v) is 3.39. The standard InChI is InChI=1S/C16H18ClN3O4S/c1-11-7-14(20(21)22)8-15(17)16(11)19-9-12-3-5-13(6-4-12)10-25(23,24)18-2/h3-8,18-19H,9-10H2,1-2H3. The lowest BCUT2D eigenvalue weighted by atomic mass is 10.1. The molecule has 7 nitrogen and oxygen atoms in total. The van der Waals surface area contributed by atoms with Crippen molar-refractivity contribution in [2.24, 2.45) is 0 Å². The number of benzene rings is 2. The molecule has 0 aliphatic rings. The van der Waals surface area contributed by atoms with Gasteiger partial charge in [0.15, 0.2) is 0 Å². The topological polar surface area (TPSA) is 101 Å². The summed E-state index contributed by atoms with van der Waals surface area (Å²) in [5, 5.41) is 14.3. The first-order valence-electron chi connectivity index (χ1n) is 7.39. The molecule has 0 unspecified atom stereocenters. The van der Waals surface area contributed by atoms with Crippen LogP contribution in [0, 0.1) is 17.0 Å². The molecule has 0 amide bonds. The van der Waals surface area contributed by atoms with E-state index in [1.807, 2.05) is 12.1 Å². The van der Waals surface area contributed by atoms with Gasteiger partial charge in [-0.25, -0.2) is 13.1 Å². The lowest BCUT2D eigenvalue weighted by Crippen LogP contribution is -2.20. The van der Waals surface area contributed by atoms with Gasteiger partial charge in [-0.3, -0.25) is 10.1 Å². The van der Waals surface area contributed by atoms with Crippen LogP contribution in [-0.4, -0.2) is 20.4 Å². The van der Waals surface area contributed by atoms with E-state index in [4.69, 9.17) is 11.6 Å². The zero-order valence-electron chi connectivity index (χ0n) is 13.7. The molecular formula is C16H18ClN3O4S. The van der Waals surface area contributed by atoms with E-state index in [1.54, 1.807) is 19.1 Å². The van der Waals surface area contributed by atoms with Crippen molar-refractivity contribution in [1.82, 2.24) is 4.72 Å². The molecule has 0 aliphatic heterocycles. The second kappa shape index (κ2) is 7.81.